The van der Waals surface area contributed by atoms with Crippen molar-refractivity contribution in [3.63, 3.8) is 0 Å². The van der Waals surface area contributed by atoms with Crippen LogP contribution in [0.2, 0.25) is 0 Å². The van der Waals surface area contributed by atoms with Gasteiger partial charge in [-0.15, -0.1) is 0 Å². The minimum atomic E-state index is 0.0531. The first kappa shape index (κ1) is 26.7. The van der Waals surface area contributed by atoms with Gasteiger partial charge in [0.2, 0.25) is 0 Å². The fraction of sp³-hybridized carbons (Fsp3) is 0.154. The van der Waals surface area contributed by atoms with Crippen LogP contribution in [0.25, 0.3) is 32.7 Å². The van der Waals surface area contributed by atoms with Gasteiger partial charge < -0.3 is 5.73 Å². The van der Waals surface area contributed by atoms with Crippen LogP contribution in [-0.4, -0.2) is 11.0 Å². The van der Waals surface area contributed by atoms with Gasteiger partial charge in [-0.05, 0) is 99.8 Å². The minimum absolute atomic E-state index is 0.0531. The molecule has 41 heavy (non-hydrogen) atoms. The standard InChI is InChI=1S/C25H26N2.C14H10/c1-17(14-18(2)26)20-12-13-27-25(16-20)24-11-10-23(19-6-4-3-5-7-19)21-8-9-22(24)15-21;1-2-6-12-10-14-8-4-3-7-13(14)9-11(12)5-1/h3-14,16,18,22,24H,15,26H2,1-2H3;1-10H/b17-14+;. The first-order chi connectivity index (χ1) is 20.0. The molecule has 2 N–H and O–H groups in total. The molecule has 5 aromatic rings. The largest absolute Gasteiger partial charge is 0.325 e. The molecule has 0 fully saturated rings. The van der Waals surface area contributed by atoms with Gasteiger partial charge in [-0.25, -0.2) is 0 Å². The second-order valence-corrected chi connectivity index (χ2v) is 11.1. The fourth-order valence-electron chi connectivity index (χ4n) is 5.99. The molecule has 1 aromatic heterocycles. The molecule has 0 aliphatic heterocycles. The van der Waals surface area contributed by atoms with Crippen LogP contribution in [0, 0.1) is 5.92 Å². The van der Waals surface area contributed by atoms with E-state index in [1.54, 1.807) is 0 Å². The number of allylic oxidation sites excluding steroid dienone is 7. The monoisotopic (exact) mass is 532 g/mol. The maximum atomic E-state index is 5.93. The summed E-state index contributed by atoms with van der Waals surface area (Å²) >= 11 is 0. The molecule has 0 saturated heterocycles. The van der Waals surface area contributed by atoms with Gasteiger partial charge in [0.05, 0.1) is 0 Å². The average molecular weight is 533 g/mol. The van der Waals surface area contributed by atoms with Crippen LogP contribution in [0.15, 0.2) is 145 Å². The van der Waals surface area contributed by atoms with E-state index in [9.17, 15) is 0 Å². The van der Waals surface area contributed by atoms with Crippen molar-refractivity contribution >= 4 is 32.7 Å². The van der Waals surface area contributed by atoms with Crippen LogP contribution < -0.4 is 5.73 Å². The normalized spacial score (nSPS) is 18.8. The van der Waals surface area contributed by atoms with Gasteiger partial charge in [-0.3, -0.25) is 4.98 Å². The number of benzene rings is 4. The van der Waals surface area contributed by atoms with Crippen molar-refractivity contribution < 1.29 is 0 Å². The van der Waals surface area contributed by atoms with Crippen LogP contribution >= 0.6 is 0 Å². The average Bonchev–Trinajstić information content (AvgIpc) is 3.39. The van der Waals surface area contributed by atoms with Gasteiger partial charge in [0.1, 0.15) is 0 Å². The van der Waals surface area contributed by atoms with Crippen LogP contribution in [0.5, 0.6) is 0 Å². The Morgan fingerprint density at radius 1 is 0.780 bits per heavy atom. The molecule has 4 aromatic carbocycles. The molecule has 2 nitrogen and oxygen atoms in total. The Morgan fingerprint density at radius 3 is 2.00 bits per heavy atom. The predicted octanol–water partition coefficient (Wildman–Crippen LogP) is 9.51. The van der Waals surface area contributed by atoms with Crippen LogP contribution in [0.1, 0.15) is 43.0 Å². The SMILES string of the molecule is C/C(=C\C(C)N)c1ccnc(C2C=CC(c3ccccc3)=C3C=CC2C3)c1.c1ccc2cc3ccccc3cc2c1. The molecule has 0 radical (unpaired) electrons. The van der Waals surface area contributed by atoms with Crippen molar-refractivity contribution in [2.75, 3.05) is 0 Å². The molecule has 2 heteroatoms. The second kappa shape index (κ2) is 11.9. The second-order valence-electron chi connectivity index (χ2n) is 11.1. The van der Waals surface area contributed by atoms with Gasteiger partial charge >= 0.3 is 0 Å². The number of aromatic nitrogens is 1. The highest BCUT2D eigenvalue weighted by atomic mass is 14.7. The molecule has 2 bridgehead atoms. The minimum Gasteiger partial charge on any atom is -0.325 e. The molecule has 2 aliphatic rings. The smallest absolute Gasteiger partial charge is 0.0484 e. The maximum Gasteiger partial charge on any atom is 0.0484 e. The lowest BCUT2D eigenvalue weighted by atomic mass is 9.88. The van der Waals surface area contributed by atoms with E-state index in [1.165, 1.54) is 49.4 Å². The van der Waals surface area contributed by atoms with E-state index in [0.717, 1.165) is 12.1 Å². The van der Waals surface area contributed by atoms with E-state index < -0.39 is 0 Å². The molecule has 7 rings (SSSR count). The summed E-state index contributed by atoms with van der Waals surface area (Å²) in [5, 5.41) is 5.25. The summed E-state index contributed by atoms with van der Waals surface area (Å²) in [4.78, 5) is 4.72. The highest BCUT2D eigenvalue weighted by molar-refractivity contribution is 5.98. The topological polar surface area (TPSA) is 38.9 Å². The van der Waals surface area contributed by atoms with Crippen LogP contribution in [-0.2, 0) is 0 Å². The first-order valence-electron chi connectivity index (χ1n) is 14.5. The molecular weight excluding hydrogens is 496 g/mol. The third-order valence-electron chi connectivity index (χ3n) is 8.07. The summed E-state index contributed by atoms with van der Waals surface area (Å²) in [5.41, 5.74) is 13.5. The summed E-state index contributed by atoms with van der Waals surface area (Å²) in [6.45, 7) is 4.12. The van der Waals surface area contributed by atoms with Crippen LogP contribution in [0.3, 0.4) is 0 Å². The van der Waals surface area contributed by atoms with Crippen molar-refractivity contribution in [3.8, 4) is 0 Å². The number of rotatable bonds is 4. The van der Waals surface area contributed by atoms with Crippen molar-refractivity contribution in [2.24, 2.45) is 11.7 Å². The molecule has 1 heterocycles. The Labute approximate surface area is 243 Å². The van der Waals surface area contributed by atoms with Gasteiger partial charge in [0.15, 0.2) is 0 Å². The van der Waals surface area contributed by atoms with Gasteiger partial charge in [-0.2, -0.15) is 0 Å². The zero-order valence-corrected chi connectivity index (χ0v) is 23.7. The molecular formula is C39H36N2. The third kappa shape index (κ3) is 5.99. The predicted molar refractivity (Wildman–Crippen MR) is 175 cm³/mol. The number of fused-ring (bicyclic) bond motifs is 4. The van der Waals surface area contributed by atoms with Crippen molar-refractivity contribution in [1.29, 1.82) is 0 Å². The third-order valence-corrected chi connectivity index (χ3v) is 8.07. The molecule has 3 atom stereocenters. The summed E-state index contributed by atoms with van der Waals surface area (Å²) in [6, 6.07) is 36.4. The zero-order valence-electron chi connectivity index (χ0n) is 23.7. The molecule has 202 valence electrons. The van der Waals surface area contributed by atoms with Gasteiger partial charge in [0, 0.05) is 23.9 Å². The van der Waals surface area contributed by atoms with E-state index >= 15 is 0 Å². The molecule has 2 aliphatic carbocycles. The summed E-state index contributed by atoms with van der Waals surface area (Å²) in [6.07, 6.45) is 14.4. The van der Waals surface area contributed by atoms with Crippen molar-refractivity contribution in [1.82, 2.24) is 4.98 Å². The number of hydrogen-bond acceptors (Lipinski definition) is 2. The quantitative estimate of drug-likeness (QED) is 0.234. The highest BCUT2D eigenvalue weighted by Gasteiger charge is 2.28. The molecule has 0 amide bonds. The Hall–Kier alpha value is -4.53. The molecule has 3 unspecified atom stereocenters. The molecule has 0 spiro atoms. The fourth-order valence-corrected chi connectivity index (χ4v) is 5.99. The van der Waals surface area contributed by atoms with E-state index in [2.05, 4.69) is 140 Å². The van der Waals surface area contributed by atoms with Crippen molar-refractivity contribution in [2.45, 2.75) is 32.2 Å². The molecule has 0 saturated carbocycles. The van der Waals surface area contributed by atoms with Gasteiger partial charge in [-0.1, -0.05) is 109 Å². The highest BCUT2D eigenvalue weighted by Crippen LogP contribution is 2.42. The number of hydrogen-bond donors (Lipinski definition) is 1. The van der Waals surface area contributed by atoms with Gasteiger partial charge in [0.25, 0.3) is 0 Å². The summed E-state index contributed by atoms with van der Waals surface area (Å²) < 4.78 is 0. The van der Waals surface area contributed by atoms with E-state index in [-0.39, 0.29) is 6.04 Å². The first-order valence-corrected chi connectivity index (χ1v) is 14.5. The Kier molecular flexibility index (Phi) is 7.75. The van der Waals surface area contributed by atoms with Crippen molar-refractivity contribution in [3.05, 3.63) is 162 Å². The zero-order chi connectivity index (χ0) is 28.2. The summed E-state index contributed by atoms with van der Waals surface area (Å²) in [5.74, 6) is 0.765. The van der Waals surface area contributed by atoms with E-state index in [4.69, 9.17) is 10.7 Å². The Morgan fingerprint density at radius 2 is 1.39 bits per heavy atom. The Balaban J connectivity index is 0.000000180. The number of nitrogens with zero attached hydrogens (tertiary/aromatic N) is 1. The van der Waals surface area contributed by atoms with E-state index in [0.29, 0.717) is 11.8 Å². The lowest BCUT2D eigenvalue weighted by Crippen LogP contribution is -2.11. The summed E-state index contributed by atoms with van der Waals surface area (Å²) in [7, 11) is 0. The van der Waals surface area contributed by atoms with E-state index in [1.807, 2.05) is 13.1 Å². The number of nitrogens with two attached hydrogens (primary N) is 1. The lowest BCUT2D eigenvalue weighted by Gasteiger charge is -2.18. The Bertz CT molecular complexity index is 1700. The maximum absolute atomic E-state index is 5.93. The van der Waals surface area contributed by atoms with Crippen LogP contribution in [0.4, 0.5) is 0 Å². The number of pyridine rings is 1. The lowest BCUT2D eigenvalue weighted by molar-refractivity contribution is 0.592.